The Bertz CT molecular complexity index is 449. The molecule has 4 heteroatoms. The number of benzene rings is 1. The fourth-order valence-corrected chi connectivity index (χ4v) is 2.77. The molecular weight excluding hydrogens is 297 g/mol. The average Bonchev–Trinajstić information content (AvgIpc) is 2.57. The van der Waals surface area contributed by atoms with Crippen LogP contribution in [0, 0.1) is 5.82 Å². The summed E-state index contributed by atoms with van der Waals surface area (Å²) in [5, 5.41) is 0. The second-order valence-corrected chi connectivity index (χ2v) is 5.65. The Labute approximate surface area is 115 Å². The molecule has 1 fully saturated rings. The van der Waals surface area contributed by atoms with Gasteiger partial charge in [-0.25, -0.2) is 4.39 Å². The number of halogens is 2. The van der Waals surface area contributed by atoms with Crippen molar-refractivity contribution in [2.75, 3.05) is 6.54 Å². The van der Waals surface area contributed by atoms with Crippen LogP contribution in [0.1, 0.15) is 43.0 Å². The van der Waals surface area contributed by atoms with Gasteiger partial charge >= 0.3 is 0 Å². The van der Waals surface area contributed by atoms with Gasteiger partial charge in [-0.05, 0) is 47.8 Å². The Morgan fingerprint density at radius 1 is 1.39 bits per heavy atom. The van der Waals surface area contributed by atoms with Crippen molar-refractivity contribution in [3.63, 3.8) is 0 Å². The lowest BCUT2D eigenvalue weighted by molar-refractivity contribution is 0.0693. The largest absolute Gasteiger partial charge is 0.336 e. The van der Waals surface area contributed by atoms with Crippen LogP contribution in [0.5, 0.6) is 0 Å². The van der Waals surface area contributed by atoms with Crippen molar-refractivity contribution in [3.05, 3.63) is 34.1 Å². The van der Waals surface area contributed by atoms with E-state index in [1.807, 2.05) is 6.92 Å². The van der Waals surface area contributed by atoms with Gasteiger partial charge in [-0.15, -0.1) is 0 Å². The summed E-state index contributed by atoms with van der Waals surface area (Å²) in [6.07, 6.45) is 4.30. The molecule has 1 atom stereocenters. The van der Waals surface area contributed by atoms with Crippen LogP contribution in [0.3, 0.4) is 0 Å². The SMILES string of the molecule is CC1CCCCCN1C(=O)c1cccc(Br)c1F. The normalized spacial score (nSPS) is 20.6. The average molecular weight is 314 g/mol. The number of carbonyl (C=O) groups excluding carboxylic acids is 1. The number of likely N-dealkylation sites (tertiary alicyclic amines) is 1. The molecule has 1 heterocycles. The molecule has 0 N–H and O–H groups in total. The minimum atomic E-state index is -0.459. The Morgan fingerprint density at radius 2 is 2.17 bits per heavy atom. The smallest absolute Gasteiger partial charge is 0.257 e. The third-order valence-corrected chi connectivity index (χ3v) is 4.11. The number of rotatable bonds is 1. The molecule has 2 nitrogen and oxygen atoms in total. The first-order valence-corrected chi connectivity index (χ1v) is 7.15. The van der Waals surface area contributed by atoms with E-state index in [0.717, 1.165) is 32.2 Å². The zero-order chi connectivity index (χ0) is 13.1. The van der Waals surface area contributed by atoms with Crippen LogP contribution in [0.2, 0.25) is 0 Å². The second-order valence-electron chi connectivity index (χ2n) is 4.80. The van der Waals surface area contributed by atoms with Gasteiger partial charge in [0.1, 0.15) is 5.82 Å². The molecule has 1 aromatic carbocycles. The van der Waals surface area contributed by atoms with E-state index in [9.17, 15) is 9.18 Å². The zero-order valence-corrected chi connectivity index (χ0v) is 12.0. The molecule has 18 heavy (non-hydrogen) atoms. The third-order valence-electron chi connectivity index (χ3n) is 3.50. The monoisotopic (exact) mass is 313 g/mol. The molecule has 1 aliphatic rings. The van der Waals surface area contributed by atoms with Gasteiger partial charge in [0.15, 0.2) is 0 Å². The standard InChI is InChI=1S/C14H17BrFNO/c1-10-6-3-2-4-9-17(10)14(18)11-7-5-8-12(15)13(11)16/h5,7-8,10H,2-4,6,9H2,1H3. The maximum atomic E-state index is 13.9. The lowest BCUT2D eigenvalue weighted by Crippen LogP contribution is -2.38. The summed E-state index contributed by atoms with van der Waals surface area (Å²) in [4.78, 5) is 14.2. The summed E-state index contributed by atoms with van der Waals surface area (Å²) < 4.78 is 14.3. The van der Waals surface area contributed by atoms with Gasteiger partial charge < -0.3 is 4.90 Å². The topological polar surface area (TPSA) is 20.3 Å². The summed E-state index contributed by atoms with van der Waals surface area (Å²) in [5.41, 5.74) is 0.165. The molecule has 0 bridgehead atoms. The molecule has 1 amide bonds. The van der Waals surface area contributed by atoms with Crippen LogP contribution in [-0.2, 0) is 0 Å². The highest BCUT2D eigenvalue weighted by Crippen LogP contribution is 2.23. The molecule has 1 aliphatic heterocycles. The van der Waals surface area contributed by atoms with Crippen LogP contribution in [-0.4, -0.2) is 23.4 Å². The Hall–Kier alpha value is -0.900. The number of hydrogen-bond acceptors (Lipinski definition) is 1. The van der Waals surface area contributed by atoms with E-state index in [1.54, 1.807) is 23.1 Å². The van der Waals surface area contributed by atoms with Crippen molar-refractivity contribution < 1.29 is 9.18 Å². The molecule has 98 valence electrons. The van der Waals surface area contributed by atoms with Gasteiger partial charge in [0, 0.05) is 12.6 Å². The number of carbonyl (C=O) groups is 1. The molecule has 2 rings (SSSR count). The van der Waals surface area contributed by atoms with Gasteiger partial charge in [0.2, 0.25) is 0 Å². The van der Waals surface area contributed by atoms with Gasteiger partial charge in [0.05, 0.1) is 10.0 Å². The molecule has 0 radical (unpaired) electrons. The Kier molecular flexibility index (Phi) is 4.38. The lowest BCUT2D eigenvalue weighted by atomic mass is 10.1. The maximum absolute atomic E-state index is 13.9. The van der Waals surface area contributed by atoms with E-state index in [-0.39, 0.29) is 17.5 Å². The van der Waals surface area contributed by atoms with Crippen molar-refractivity contribution >= 4 is 21.8 Å². The molecule has 1 unspecified atom stereocenters. The van der Waals surface area contributed by atoms with Crippen molar-refractivity contribution in [2.45, 2.75) is 38.6 Å². The molecule has 0 spiro atoms. The van der Waals surface area contributed by atoms with Crippen molar-refractivity contribution in [1.82, 2.24) is 4.90 Å². The molecule has 0 aliphatic carbocycles. The van der Waals surface area contributed by atoms with Gasteiger partial charge in [-0.2, -0.15) is 0 Å². The number of amides is 1. The predicted molar refractivity (Wildman–Crippen MR) is 73.1 cm³/mol. The van der Waals surface area contributed by atoms with E-state index in [2.05, 4.69) is 15.9 Å². The molecule has 0 aromatic heterocycles. The quantitative estimate of drug-likeness (QED) is 0.767. The molecule has 0 saturated carbocycles. The summed E-state index contributed by atoms with van der Waals surface area (Å²) in [7, 11) is 0. The highest BCUT2D eigenvalue weighted by Gasteiger charge is 2.25. The van der Waals surface area contributed by atoms with Crippen LogP contribution < -0.4 is 0 Å². The van der Waals surface area contributed by atoms with Crippen LogP contribution in [0.15, 0.2) is 22.7 Å². The minimum Gasteiger partial charge on any atom is -0.336 e. The van der Waals surface area contributed by atoms with E-state index in [0.29, 0.717) is 4.47 Å². The van der Waals surface area contributed by atoms with Crippen LogP contribution in [0.25, 0.3) is 0 Å². The van der Waals surface area contributed by atoms with E-state index in [1.165, 1.54) is 0 Å². The number of hydrogen-bond donors (Lipinski definition) is 0. The second kappa shape index (κ2) is 5.83. The van der Waals surface area contributed by atoms with Gasteiger partial charge in [-0.3, -0.25) is 4.79 Å². The van der Waals surface area contributed by atoms with E-state index >= 15 is 0 Å². The highest BCUT2D eigenvalue weighted by molar-refractivity contribution is 9.10. The Morgan fingerprint density at radius 3 is 2.94 bits per heavy atom. The van der Waals surface area contributed by atoms with Gasteiger partial charge in [-0.1, -0.05) is 18.9 Å². The van der Waals surface area contributed by atoms with E-state index in [4.69, 9.17) is 0 Å². The fourth-order valence-electron chi connectivity index (χ4n) is 2.40. The predicted octanol–water partition coefficient (Wildman–Crippen LogP) is 3.99. The third kappa shape index (κ3) is 2.74. The van der Waals surface area contributed by atoms with Gasteiger partial charge in [0.25, 0.3) is 5.91 Å². The molecular formula is C14H17BrFNO. The summed E-state index contributed by atoms with van der Waals surface area (Å²) in [6, 6.07) is 5.05. The van der Waals surface area contributed by atoms with Crippen molar-refractivity contribution in [1.29, 1.82) is 0 Å². The molecule has 1 aromatic rings. The minimum absolute atomic E-state index is 0.165. The molecule has 1 saturated heterocycles. The van der Waals surface area contributed by atoms with Crippen LogP contribution >= 0.6 is 15.9 Å². The fraction of sp³-hybridized carbons (Fsp3) is 0.500. The Balaban J connectivity index is 2.26. The highest BCUT2D eigenvalue weighted by atomic mass is 79.9. The lowest BCUT2D eigenvalue weighted by Gasteiger charge is -2.27. The summed E-state index contributed by atoms with van der Waals surface area (Å²) >= 11 is 3.12. The first kappa shape index (κ1) is 13.5. The van der Waals surface area contributed by atoms with E-state index < -0.39 is 5.82 Å². The number of nitrogens with zero attached hydrogens (tertiary/aromatic N) is 1. The van der Waals surface area contributed by atoms with Crippen molar-refractivity contribution in [3.8, 4) is 0 Å². The first-order chi connectivity index (χ1) is 8.61. The van der Waals surface area contributed by atoms with Crippen LogP contribution in [0.4, 0.5) is 4.39 Å². The zero-order valence-electron chi connectivity index (χ0n) is 10.5. The maximum Gasteiger partial charge on any atom is 0.257 e. The summed E-state index contributed by atoms with van der Waals surface area (Å²) in [5.74, 6) is -0.651. The van der Waals surface area contributed by atoms with Crippen molar-refractivity contribution in [2.24, 2.45) is 0 Å². The first-order valence-electron chi connectivity index (χ1n) is 6.36. The summed E-state index contributed by atoms with van der Waals surface area (Å²) in [6.45, 7) is 2.77.